The van der Waals surface area contributed by atoms with Crippen LogP contribution in [0.3, 0.4) is 0 Å². The average Bonchev–Trinajstić information content (AvgIpc) is 3.32. The van der Waals surface area contributed by atoms with Gasteiger partial charge in [-0.3, -0.25) is 0 Å². The molecule has 156 valence electrons. The van der Waals surface area contributed by atoms with Crippen molar-refractivity contribution in [1.29, 1.82) is 0 Å². The molecule has 2 fully saturated rings. The summed E-state index contributed by atoms with van der Waals surface area (Å²) in [4.78, 5) is 0. The van der Waals surface area contributed by atoms with Gasteiger partial charge in [0.2, 0.25) is 0 Å². The second-order valence-electron chi connectivity index (χ2n) is 9.25. The molecule has 0 aromatic carbocycles. The van der Waals surface area contributed by atoms with Crippen LogP contribution in [0.25, 0.3) is 0 Å². The maximum absolute atomic E-state index is 4.41. The molecule has 1 saturated heterocycles. The summed E-state index contributed by atoms with van der Waals surface area (Å²) in [6, 6.07) is 0.829. The Morgan fingerprint density at radius 2 is 1.15 bits per heavy atom. The van der Waals surface area contributed by atoms with E-state index in [1.165, 1.54) is 70.6 Å². The van der Waals surface area contributed by atoms with Crippen molar-refractivity contribution in [2.75, 3.05) is 0 Å². The molecule has 3 rings (SSSR count). The van der Waals surface area contributed by atoms with Gasteiger partial charge in [0.15, 0.2) is 0 Å². The Labute approximate surface area is 185 Å². The molecule has 0 bridgehead atoms. The normalized spacial score (nSPS) is 26.1. The molecular formula is C23H41Cl2NTi. The Morgan fingerprint density at radius 3 is 1.52 bits per heavy atom. The van der Waals surface area contributed by atoms with Gasteiger partial charge in [-0.15, -0.1) is 0 Å². The SMILES string of the molecule is CC1=C(C)C(C)[C]([Ti+2]2([NH]C3CCCCCCCCCCC3)[CH2][CH2]2)=C1C.[Cl-].[Cl-]. The van der Waals surface area contributed by atoms with Crippen molar-refractivity contribution in [3.63, 3.8) is 0 Å². The molecule has 0 radical (unpaired) electrons. The molecule has 1 nitrogen and oxygen atoms in total. The van der Waals surface area contributed by atoms with Gasteiger partial charge in [0, 0.05) is 0 Å². The van der Waals surface area contributed by atoms with E-state index in [0.717, 1.165) is 12.0 Å². The zero-order valence-electron chi connectivity index (χ0n) is 18.1. The summed E-state index contributed by atoms with van der Waals surface area (Å²) in [7, 11) is 0. The fourth-order valence-electron chi connectivity index (χ4n) is 5.45. The molecule has 1 aliphatic heterocycles. The topological polar surface area (TPSA) is 12.0 Å². The smallest absolute Gasteiger partial charge is 1.00 e. The second-order valence-corrected chi connectivity index (χ2v) is 15.5. The number of hydrogen-bond acceptors (Lipinski definition) is 1. The molecule has 1 N–H and O–H groups in total. The number of hydrogen-bond donors (Lipinski definition) is 1. The van der Waals surface area contributed by atoms with Crippen LogP contribution < -0.4 is 28.6 Å². The van der Waals surface area contributed by atoms with Crippen LogP contribution in [-0.4, -0.2) is 6.04 Å². The molecule has 0 aromatic rings. The summed E-state index contributed by atoms with van der Waals surface area (Å²) >= 11 is -1.90. The van der Waals surface area contributed by atoms with E-state index in [1.807, 2.05) is 3.88 Å². The molecule has 0 amide bonds. The van der Waals surface area contributed by atoms with E-state index in [4.69, 9.17) is 0 Å². The van der Waals surface area contributed by atoms with Crippen molar-refractivity contribution in [1.82, 2.24) is 3.80 Å². The van der Waals surface area contributed by atoms with Gasteiger partial charge in [0.25, 0.3) is 0 Å². The summed E-state index contributed by atoms with van der Waals surface area (Å²) in [6.07, 6.45) is 16.1. The Bertz CT molecular complexity index is 524. The molecule has 4 heteroatoms. The number of halogens is 2. The van der Waals surface area contributed by atoms with E-state index in [9.17, 15) is 0 Å². The molecule has 3 aliphatic rings. The maximum atomic E-state index is 4.41. The van der Waals surface area contributed by atoms with Gasteiger partial charge in [-0.05, 0) is 0 Å². The maximum Gasteiger partial charge on any atom is -1.00 e. The largest absolute Gasteiger partial charge is 1.00 e. The van der Waals surface area contributed by atoms with Crippen molar-refractivity contribution in [3.05, 3.63) is 20.6 Å². The van der Waals surface area contributed by atoms with Crippen LogP contribution in [0.5, 0.6) is 0 Å². The molecule has 0 aromatic heterocycles. The Kier molecular flexibility index (Phi) is 11.3. The van der Waals surface area contributed by atoms with Crippen LogP contribution in [0.4, 0.5) is 0 Å². The van der Waals surface area contributed by atoms with E-state index in [-0.39, 0.29) is 24.8 Å². The van der Waals surface area contributed by atoms with Gasteiger partial charge in [-0.25, -0.2) is 0 Å². The van der Waals surface area contributed by atoms with E-state index >= 15 is 0 Å². The predicted molar refractivity (Wildman–Crippen MR) is 108 cm³/mol. The van der Waals surface area contributed by atoms with Crippen molar-refractivity contribution in [2.24, 2.45) is 5.92 Å². The van der Waals surface area contributed by atoms with Crippen LogP contribution >= 0.6 is 0 Å². The Hall–Kier alpha value is 0.734. The van der Waals surface area contributed by atoms with Gasteiger partial charge in [-0.1, -0.05) is 0 Å². The van der Waals surface area contributed by atoms with Crippen molar-refractivity contribution >= 4 is 0 Å². The Morgan fingerprint density at radius 1 is 0.704 bits per heavy atom. The van der Waals surface area contributed by atoms with Crippen LogP contribution in [0.1, 0.15) is 98.3 Å². The quantitative estimate of drug-likeness (QED) is 0.642. The van der Waals surface area contributed by atoms with Crippen molar-refractivity contribution in [3.8, 4) is 0 Å². The monoisotopic (exact) mass is 449 g/mol. The number of allylic oxidation sites excluding steroid dienone is 4. The minimum absolute atomic E-state index is 0. The average molecular weight is 450 g/mol. The van der Waals surface area contributed by atoms with E-state index in [1.54, 1.807) is 26.2 Å². The third kappa shape index (κ3) is 6.35. The number of rotatable bonds is 3. The summed E-state index contributed by atoms with van der Waals surface area (Å²) in [5, 5.41) is 0. The molecule has 1 saturated carbocycles. The van der Waals surface area contributed by atoms with Crippen LogP contribution in [0.15, 0.2) is 20.6 Å². The standard InChI is InChI=1S/C12H24N.C9H13.C2H4.2ClH.Ti/c13-12-10-8-6-4-2-1-3-5-7-9-11-12;1-6-5-7(2)9(4)8(6)3;1-2;;;/h12-13H,1-11H2;6H,1-4H3;1-2H2;2*1H;/q-1;;;;;+3/p-2. The van der Waals surface area contributed by atoms with E-state index in [0.29, 0.717) is 0 Å². The Balaban J connectivity index is 0.00000182. The van der Waals surface area contributed by atoms with Crippen molar-refractivity contribution in [2.45, 2.75) is 114 Å². The fraction of sp³-hybridized carbons (Fsp3) is 0.826. The van der Waals surface area contributed by atoms with Crippen LogP contribution in [0, 0.1) is 5.92 Å². The number of nitrogens with one attached hydrogen (secondary N) is 1. The van der Waals surface area contributed by atoms with Gasteiger partial charge >= 0.3 is 161 Å². The first-order chi connectivity index (χ1) is 12.1. The minimum Gasteiger partial charge on any atom is -1.00 e. The zero-order chi connectivity index (χ0) is 17.9. The molecule has 27 heavy (non-hydrogen) atoms. The zero-order valence-corrected chi connectivity index (χ0v) is 21.2. The van der Waals surface area contributed by atoms with Gasteiger partial charge in [-0.2, -0.15) is 0 Å². The predicted octanol–water partition coefficient (Wildman–Crippen LogP) is 1.44. The molecule has 2 aliphatic carbocycles. The second kappa shape index (κ2) is 11.8. The first kappa shape index (κ1) is 25.8. The van der Waals surface area contributed by atoms with E-state index < -0.39 is 16.8 Å². The first-order valence-electron chi connectivity index (χ1n) is 11.2. The van der Waals surface area contributed by atoms with E-state index in [2.05, 4.69) is 31.5 Å². The molecule has 1 atom stereocenters. The van der Waals surface area contributed by atoms with Crippen molar-refractivity contribution < 1.29 is 41.7 Å². The molecule has 1 heterocycles. The molecule has 0 spiro atoms. The molecule has 1 unspecified atom stereocenters. The third-order valence-electron chi connectivity index (χ3n) is 7.49. The van der Waals surface area contributed by atoms with Gasteiger partial charge < -0.3 is 24.8 Å². The van der Waals surface area contributed by atoms with Crippen LogP contribution in [-0.2, 0) is 16.8 Å². The molecular weight excluding hydrogens is 409 g/mol. The summed E-state index contributed by atoms with van der Waals surface area (Å²) in [5.41, 5.74) is 4.95. The minimum atomic E-state index is -1.90. The third-order valence-corrected chi connectivity index (χ3v) is 14.2. The first-order valence-corrected chi connectivity index (χ1v) is 15.0. The summed E-state index contributed by atoms with van der Waals surface area (Å²) in [6.45, 7) is 9.65. The van der Waals surface area contributed by atoms with Gasteiger partial charge in [0.1, 0.15) is 0 Å². The summed E-state index contributed by atoms with van der Waals surface area (Å²) in [5.74, 6) is 0.737. The van der Waals surface area contributed by atoms with Gasteiger partial charge in [0.05, 0.1) is 0 Å². The summed E-state index contributed by atoms with van der Waals surface area (Å²) < 4.78 is 9.44. The fourth-order valence-corrected chi connectivity index (χ4v) is 13.7. The van der Waals surface area contributed by atoms with Crippen LogP contribution in [0.2, 0.25) is 9.45 Å².